The van der Waals surface area contributed by atoms with Crippen molar-refractivity contribution >= 4 is 17.4 Å². The minimum absolute atomic E-state index is 0.0932. The molecular formula is C26H23NO3. The van der Waals surface area contributed by atoms with E-state index in [9.17, 15) is 14.7 Å². The van der Waals surface area contributed by atoms with Crippen LogP contribution >= 0.6 is 0 Å². The Morgan fingerprint density at radius 2 is 1.57 bits per heavy atom. The van der Waals surface area contributed by atoms with Crippen molar-refractivity contribution in [2.75, 3.05) is 11.4 Å². The van der Waals surface area contributed by atoms with Gasteiger partial charge >= 0.3 is 0 Å². The van der Waals surface area contributed by atoms with Gasteiger partial charge in [-0.3, -0.25) is 9.59 Å². The first kappa shape index (κ1) is 21.0. The average molecular weight is 397 g/mol. The third-order valence-electron chi connectivity index (χ3n) is 4.56. The molecule has 0 radical (unpaired) electrons. The Labute approximate surface area is 176 Å². The van der Waals surface area contributed by atoms with Crippen LogP contribution in [0.1, 0.15) is 38.8 Å². The van der Waals surface area contributed by atoms with Crippen molar-refractivity contribution in [3.63, 3.8) is 0 Å². The Kier molecular flexibility index (Phi) is 6.79. The number of rotatable bonds is 5. The van der Waals surface area contributed by atoms with Crippen molar-refractivity contribution in [2.45, 2.75) is 20.0 Å². The third-order valence-corrected chi connectivity index (χ3v) is 4.56. The van der Waals surface area contributed by atoms with Crippen LogP contribution in [0.3, 0.4) is 0 Å². The first-order chi connectivity index (χ1) is 14.5. The van der Waals surface area contributed by atoms with E-state index in [1.54, 1.807) is 55.5 Å². The zero-order chi connectivity index (χ0) is 21.5. The van der Waals surface area contributed by atoms with Gasteiger partial charge in [0.2, 0.25) is 0 Å². The Balaban J connectivity index is 2.00. The number of Topliss-reactive ketones (excluding diaryl/α,β-unsaturated/α-hetero) is 1. The molecular weight excluding hydrogens is 374 g/mol. The van der Waals surface area contributed by atoms with Crippen molar-refractivity contribution in [1.29, 1.82) is 0 Å². The second-order valence-electron chi connectivity index (χ2n) is 7.01. The van der Waals surface area contributed by atoms with E-state index >= 15 is 0 Å². The van der Waals surface area contributed by atoms with Crippen LogP contribution in [0.5, 0.6) is 0 Å². The molecule has 0 bridgehead atoms. The highest BCUT2D eigenvalue weighted by Gasteiger charge is 2.23. The number of hydrogen-bond donors (Lipinski definition) is 1. The smallest absolute Gasteiger partial charge is 0.259 e. The number of aliphatic hydroxyl groups is 1. The van der Waals surface area contributed by atoms with Crippen molar-refractivity contribution in [2.24, 2.45) is 0 Å². The van der Waals surface area contributed by atoms with Crippen LogP contribution in [0, 0.1) is 18.8 Å². The van der Waals surface area contributed by atoms with E-state index in [1.807, 2.05) is 37.3 Å². The van der Waals surface area contributed by atoms with Crippen LogP contribution in [0.15, 0.2) is 78.9 Å². The Morgan fingerprint density at radius 1 is 0.933 bits per heavy atom. The normalized spacial score (nSPS) is 11.2. The van der Waals surface area contributed by atoms with Crippen LogP contribution in [0.4, 0.5) is 5.69 Å². The first-order valence-electron chi connectivity index (χ1n) is 9.71. The summed E-state index contributed by atoms with van der Waals surface area (Å²) in [6.45, 7) is 3.44. The molecule has 0 aliphatic carbocycles. The molecule has 0 aliphatic heterocycles. The molecule has 4 heteroatoms. The van der Waals surface area contributed by atoms with Gasteiger partial charge in [0.05, 0.1) is 12.1 Å². The summed E-state index contributed by atoms with van der Waals surface area (Å²) in [4.78, 5) is 27.9. The maximum Gasteiger partial charge on any atom is 0.259 e. The predicted octanol–water partition coefficient (Wildman–Crippen LogP) is 4.26. The Hall–Kier alpha value is -3.68. The highest BCUT2D eigenvalue weighted by atomic mass is 16.3. The van der Waals surface area contributed by atoms with Crippen LogP contribution in [0.25, 0.3) is 0 Å². The number of hydrogen-bond acceptors (Lipinski definition) is 3. The van der Waals surface area contributed by atoms with E-state index in [4.69, 9.17) is 0 Å². The molecule has 150 valence electrons. The fraction of sp³-hybridized carbons (Fsp3) is 0.154. The molecule has 0 aromatic heterocycles. The van der Waals surface area contributed by atoms with Gasteiger partial charge in [0.25, 0.3) is 5.91 Å². The zero-order valence-electron chi connectivity index (χ0n) is 17.0. The van der Waals surface area contributed by atoms with Gasteiger partial charge in [-0.25, -0.2) is 0 Å². The topological polar surface area (TPSA) is 57.6 Å². The quantitative estimate of drug-likeness (QED) is 0.517. The van der Waals surface area contributed by atoms with Crippen LogP contribution in [-0.2, 0) is 0 Å². The van der Waals surface area contributed by atoms with Gasteiger partial charge < -0.3 is 10.0 Å². The second kappa shape index (κ2) is 9.69. The standard InChI is InChI=1S/C26H23NO3/c1-19-12-16-23(17-13-19)27(18-25(29)22-9-4-3-5-10-22)26(30)24-11-7-6-8-21(24)15-14-20(2)28/h3-13,16-17,20,28H,18H2,1-2H3. The van der Waals surface area contributed by atoms with Gasteiger partial charge in [-0.15, -0.1) is 0 Å². The number of anilines is 1. The molecule has 3 aromatic rings. The second-order valence-corrected chi connectivity index (χ2v) is 7.01. The lowest BCUT2D eigenvalue weighted by Crippen LogP contribution is -2.36. The molecule has 30 heavy (non-hydrogen) atoms. The highest BCUT2D eigenvalue weighted by molar-refractivity contribution is 6.12. The maximum absolute atomic E-state index is 13.5. The first-order valence-corrected chi connectivity index (χ1v) is 9.71. The molecule has 0 saturated carbocycles. The Morgan fingerprint density at radius 3 is 2.23 bits per heavy atom. The highest BCUT2D eigenvalue weighted by Crippen LogP contribution is 2.21. The number of benzene rings is 3. The molecule has 1 atom stereocenters. The van der Waals surface area contributed by atoms with E-state index in [1.165, 1.54) is 4.90 Å². The number of carbonyl (C=O) groups excluding carboxylic acids is 2. The van der Waals surface area contributed by atoms with Crippen molar-refractivity contribution in [1.82, 2.24) is 0 Å². The van der Waals surface area contributed by atoms with E-state index < -0.39 is 6.10 Å². The molecule has 0 heterocycles. The summed E-state index contributed by atoms with van der Waals surface area (Å²) in [5, 5.41) is 9.49. The zero-order valence-corrected chi connectivity index (χ0v) is 17.0. The number of aryl methyl sites for hydroxylation is 1. The summed E-state index contributed by atoms with van der Waals surface area (Å²) in [6, 6.07) is 23.3. The maximum atomic E-state index is 13.5. The van der Waals surface area contributed by atoms with Crippen LogP contribution in [0.2, 0.25) is 0 Å². The molecule has 3 rings (SSSR count). The predicted molar refractivity (Wildman–Crippen MR) is 119 cm³/mol. The lowest BCUT2D eigenvalue weighted by molar-refractivity contribution is 0.0936. The molecule has 0 fully saturated rings. The molecule has 0 spiro atoms. The molecule has 1 N–H and O–H groups in total. The fourth-order valence-corrected chi connectivity index (χ4v) is 2.97. The largest absolute Gasteiger partial charge is 0.381 e. The minimum atomic E-state index is -0.805. The summed E-state index contributed by atoms with van der Waals surface area (Å²) >= 11 is 0. The van der Waals surface area contributed by atoms with E-state index in [-0.39, 0.29) is 18.2 Å². The van der Waals surface area contributed by atoms with Crippen molar-refractivity contribution in [3.05, 3.63) is 101 Å². The number of carbonyl (C=O) groups is 2. The number of nitrogens with zero attached hydrogens (tertiary/aromatic N) is 1. The van der Waals surface area contributed by atoms with E-state index in [0.717, 1.165) is 5.56 Å². The monoisotopic (exact) mass is 397 g/mol. The number of amides is 1. The molecule has 3 aromatic carbocycles. The lowest BCUT2D eigenvalue weighted by Gasteiger charge is -2.23. The number of aliphatic hydroxyl groups excluding tert-OH is 1. The summed E-state index contributed by atoms with van der Waals surface area (Å²) in [6.07, 6.45) is -0.805. The average Bonchev–Trinajstić information content (AvgIpc) is 2.77. The van der Waals surface area contributed by atoms with Crippen molar-refractivity contribution in [3.8, 4) is 11.8 Å². The van der Waals surface area contributed by atoms with Crippen LogP contribution in [-0.4, -0.2) is 29.4 Å². The molecule has 4 nitrogen and oxygen atoms in total. The molecule has 0 saturated heterocycles. The SMILES string of the molecule is Cc1ccc(N(CC(=O)c2ccccc2)C(=O)c2ccccc2C#CC(C)O)cc1. The fourth-order valence-electron chi connectivity index (χ4n) is 2.97. The van der Waals surface area contributed by atoms with Gasteiger partial charge in [-0.1, -0.05) is 72.0 Å². The molecule has 1 amide bonds. The van der Waals surface area contributed by atoms with Crippen molar-refractivity contribution < 1.29 is 14.7 Å². The van der Waals surface area contributed by atoms with Gasteiger partial charge in [0, 0.05) is 16.8 Å². The molecule has 1 unspecified atom stereocenters. The summed E-state index contributed by atoms with van der Waals surface area (Å²) in [5.74, 6) is 5.06. The van der Waals surface area contributed by atoms with Gasteiger partial charge in [0.15, 0.2) is 5.78 Å². The molecule has 0 aliphatic rings. The summed E-state index contributed by atoms with van der Waals surface area (Å²) in [5.41, 5.74) is 3.13. The van der Waals surface area contributed by atoms with Gasteiger partial charge in [-0.2, -0.15) is 0 Å². The van der Waals surface area contributed by atoms with Gasteiger partial charge in [-0.05, 0) is 38.1 Å². The summed E-state index contributed by atoms with van der Waals surface area (Å²) < 4.78 is 0. The third kappa shape index (κ3) is 5.22. The van der Waals surface area contributed by atoms with Gasteiger partial charge in [0.1, 0.15) is 6.10 Å². The Bertz CT molecular complexity index is 1090. The lowest BCUT2D eigenvalue weighted by atomic mass is 10.0. The summed E-state index contributed by atoms with van der Waals surface area (Å²) in [7, 11) is 0. The van der Waals surface area contributed by atoms with E-state index in [2.05, 4.69) is 11.8 Å². The van der Waals surface area contributed by atoms with E-state index in [0.29, 0.717) is 22.4 Å². The number of ketones is 1. The van der Waals surface area contributed by atoms with Crippen LogP contribution < -0.4 is 4.90 Å². The minimum Gasteiger partial charge on any atom is -0.381 e.